The summed E-state index contributed by atoms with van der Waals surface area (Å²) in [7, 11) is 0. The first-order valence-corrected chi connectivity index (χ1v) is 4.73. The quantitative estimate of drug-likeness (QED) is 0.428. The Kier molecular flexibility index (Phi) is 2.78. The molecule has 0 aromatic heterocycles. The van der Waals surface area contributed by atoms with Crippen LogP contribution in [0.1, 0.15) is 10.4 Å². The third-order valence-corrected chi connectivity index (χ3v) is 2.18. The van der Waals surface area contributed by atoms with Gasteiger partial charge >= 0.3 is 0 Å². The van der Waals surface area contributed by atoms with Gasteiger partial charge in [0.1, 0.15) is 6.61 Å². The van der Waals surface area contributed by atoms with E-state index < -0.39 is 23.7 Å². The second-order valence-electron chi connectivity index (χ2n) is 3.33. The summed E-state index contributed by atoms with van der Waals surface area (Å²) < 4.78 is 4.91. The maximum atomic E-state index is 11.8. The lowest BCUT2D eigenvalue weighted by Gasteiger charge is -2.20. The SMILES string of the molecule is O=C1CO[C@H](C(=O)c2ccccc2)C(=O)N1. The standard InChI is InChI=1S/C11H9NO4/c13-8-6-16-10(11(15)12-8)9(14)7-4-2-1-3-5-7/h1-5,10H,6H2,(H,12,13,15)/t10-/m1/s1. The highest BCUT2D eigenvalue weighted by Crippen LogP contribution is 2.08. The van der Waals surface area contributed by atoms with Gasteiger partial charge in [-0.05, 0) is 0 Å². The van der Waals surface area contributed by atoms with E-state index in [1.165, 1.54) is 0 Å². The molecule has 2 rings (SSSR count). The summed E-state index contributed by atoms with van der Waals surface area (Å²) in [5, 5.41) is 2.06. The molecule has 2 amide bonds. The van der Waals surface area contributed by atoms with Gasteiger partial charge in [-0.3, -0.25) is 19.7 Å². The lowest BCUT2D eigenvalue weighted by atomic mass is 10.1. The van der Waals surface area contributed by atoms with Crippen molar-refractivity contribution in [2.45, 2.75) is 6.10 Å². The van der Waals surface area contributed by atoms with Crippen molar-refractivity contribution in [1.29, 1.82) is 0 Å². The van der Waals surface area contributed by atoms with Crippen molar-refractivity contribution >= 4 is 17.6 Å². The van der Waals surface area contributed by atoms with E-state index in [1.807, 2.05) is 0 Å². The predicted octanol–water partition coefficient (Wildman–Crippen LogP) is -0.0891. The zero-order valence-corrected chi connectivity index (χ0v) is 8.30. The van der Waals surface area contributed by atoms with Crippen molar-refractivity contribution in [2.24, 2.45) is 0 Å². The lowest BCUT2D eigenvalue weighted by molar-refractivity contribution is -0.146. The van der Waals surface area contributed by atoms with Crippen LogP contribution in [-0.4, -0.2) is 30.3 Å². The topological polar surface area (TPSA) is 72.5 Å². The summed E-state index contributed by atoms with van der Waals surface area (Å²) in [6, 6.07) is 8.34. The van der Waals surface area contributed by atoms with E-state index in [0.717, 1.165) is 0 Å². The number of benzene rings is 1. The largest absolute Gasteiger partial charge is 0.350 e. The number of carbonyl (C=O) groups excluding carboxylic acids is 3. The lowest BCUT2D eigenvalue weighted by Crippen LogP contribution is -2.51. The minimum atomic E-state index is -1.22. The molecular weight excluding hydrogens is 210 g/mol. The van der Waals surface area contributed by atoms with Crippen LogP contribution in [0.4, 0.5) is 0 Å². The Bertz CT molecular complexity index is 441. The van der Waals surface area contributed by atoms with Crippen molar-refractivity contribution in [3.63, 3.8) is 0 Å². The average molecular weight is 219 g/mol. The molecule has 1 aromatic rings. The fourth-order valence-corrected chi connectivity index (χ4v) is 1.42. The van der Waals surface area contributed by atoms with Crippen LogP contribution in [-0.2, 0) is 14.3 Å². The molecule has 0 unspecified atom stereocenters. The third kappa shape index (κ3) is 1.99. The molecule has 5 nitrogen and oxygen atoms in total. The van der Waals surface area contributed by atoms with Gasteiger partial charge in [-0.1, -0.05) is 30.3 Å². The Labute approximate surface area is 91.4 Å². The zero-order valence-electron chi connectivity index (χ0n) is 8.30. The van der Waals surface area contributed by atoms with E-state index >= 15 is 0 Å². The highest BCUT2D eigenvalue weighted by molar-refractivity contribution is 6.16. The monoisotopic (exact) mass is 219 g/mol. The van der Waals surface area contributed by atoms with Crippen molar-refractivity contribution in [2.75, 3.05) is 6.61 Å². The molecule has 0 aliphatic carbocycles. The summed E-state index contributed by atoms with van der Waals surface area (Å²) >= 11 is 0. The first-order chi connectivity index (χ1) is 7.68. The molecule has 1 atom stereocenters. The number of hydrogen-bond acceptors (Lipinski definition) is 4. The number of imide groups is 1. The van der Waals surface area contributed by atoms with E-state index in [-0.39, 0.29) is 6.61 Å². The Morgan fingerprint density at radius 1 is 1.25 bits per heavy atom. The fourth-order valence-electron chi connectivity index (χ4n) is 1.42. The number of ketones is 1. The van der Waals surface area contributed by atoms with Crippen LogP contribution >= 0.6 is 0 Å². The minimum Gasteiger partial charge on any atom is -0.350 e. The summed E-state index contributed by atoms with van der Waals surface area (Å²) in [4.78, 5) is 34.0. The number of hydrogen-bond donors (Lipinski definition) is 1. The van der Waals surface area contributed by atoms with Crippen LogP contribution in [0.3, 0.4) is 0 Å². The van der Waals surface area contributed by atoms with Gasteiger partial charge in [0.25, 0.3) is 11.8 Å². The molecule has 1 N–H and O–H groups in total. The number of Topliss-reactive ketones (excluding diaryl/α,β-unsaturated/α-hetero) is 1. The Morgan fingerprint density at radius 2 is 1.94 bits per heavy atom. The Morgan fingerprint density at radius 3 is 2.56 bits per heavy atom. The van der Waals surface area contributed by atoms with Gasteiger partial charge in [0.15, 0.2) is 6.10 Å². The average Bonchev–Trinajstić information content (AvgIpc) is 2.29. The van der Waals surface area contributed by atoms with Crippen molar-refractivity contribution < 1.29 is 19.1 Å². The number of carbonyl (C=O) groups is 3. The Hall–Kier alpha value is -2.01. The molecule has 1 aliphatic heterocycles. The highest BCUT2D eigenvalue weighted by Gasteiger charge is 2.33. The molecule has 0 bridgehead atoms. The summed E-state index contributed by atoms with van der Waals surface area (Å²) in [5.74, 6) is -1.67. The van der Waals surface area contributed by atoms with Gasteiger partial charge < -0.3 is 4.74 Å². The molecule has 82 valence electrons. The Balaban J connectivity index is 2.17. The molecule has 1 fully saturated rings. The molecule has 5 heteroatoms. The van der Waals surface area contributed by atoms with E-state index in [2.05, 4.69) is 5.32 Å². The van der Waals surface area contributed by atoms with Crippen LogP contribution in [0.25, 0.3) is 0 Å². The van der Waals surface area contributed by atoms with Gasteiger partial charge in [-0.25, -0.2) is 0 Å². The number of nitrogens with one attached hydrogen (secondary N) is 1. The smallest absolute Gasteiger partial charge is 0.263 e. The molecule has 1 aromatic carbocycles. The van der Waals surface area contributed by atoms with Crippen molar-refractivity contribution in [1.82, 2.24) is 5.32 Å². The molecule has 1 aliphatic rings. The summed E-state index contributed by atoms with van der Waals surface area (Å²) in [5.41, 5.74) is 0.386. The third-order valence-electron chi connectivity index (χ3n) is 2.18. The maximum Gasteiger partial charge on any atom is 0.263 e. The first kappa shape index (κ1) is 10.5. The molecule has 0 spiro atoms. The summed E-state index contributed by atoms with van der Waals surface area (Å²) in [6.45, 7) is -0.269. The zero-order chi connectivity index (χ0) is 11.5. The summed E-state index contributed by atoms with van der Waals surface area (Å²) in [6.07, 6.45) is -1.22. The maximum absolute atomic E-state index is 11.8. The van der Waals surface area contributed by atoms with Crippen molar-refractivity contribution in [3.8, 4) is 0 Å². The van der Waals surface area contributed by atoms with Crippen LogP contribution in [0.15, 0.2) is 30.3 Å². The van der Waals surface area contributed by atoms with Crippen LogP contribution in [0, 0.1) is 0 Å². The van der Waals surface area contributed by atoms with E-state index in [1.54, 1.807) is 30.3 Å². The molecule has 0 saturated carbocycles. The molecule has 0 radical (unpaired) electrons. The van der Waals surface area contributed by atoms with Crippen LogP contribution < -0.4 is 5.32 Å². The van der Waals surface area contributed by atoms with Crippen molar-refractivity contribution in [3.05, 3.63) is 35.9 Å². The molecule has 1 heterocycles. The van der Waals surface area contributed by atoms with Gasteiger partial charge in [-0.2, -0.15) is 0 Å². The minimum absolute atomic E-state index is 0.269. The van der Waals surface area contributed by atoms with E-state index in [9.17, 15) is 14.4 Å². The second-order valence-corrected chi connectivity index (χ2v) is 3.33. The highest BCUT2D eigenvalue weighted by atomic mass is 16.5. The van der Waals surface area contributed by atoms with E-state index in [4.69, 9.17) is 4.74 Å². The van der Waals surface area contributed by atoms with Gasteiger partial charge in [-0.15, -0.1) is 0 Å². The number of morpholine rings is 1. The molecular formula is C11H9NO4. The van der Waals surface area contributed by atoms with E-state index in [0.29, 0.717) is 5.56 Å². The molecule has 1 saturated heterocycles. The number of ether oxygens (including phenoxy) is 1. The van der Waals surface area contributed by atoms with Gasteiger partial charge in [0.2, 0.25) is 5.78 Å². The van der Waals surface area contributed by atoms with Crippen LogP contribution in [0.5, 0.6) is 0 Å². The number of rotatable bonds is 2. The predicted molar refractivity (Wildman–Crippen MR) is 53.7 cm³/mol. The van der Waals surface area contributed by atoms with Gasteiger partial charge in [0, 0.05) is 5.56 Å². The van der Waals surface area contributed by atoms with Crippen LogP contribution in [0.2, 0.25) is 0 Å². The first-order valence-electron chi connectivity index (χ1n) is 4.73. The molecule has 16 heavy (non-hydrogen) atoms. The second kappa shape index (κ2) is 4.24. The normalized spacial score (nSPS) is 20.4. The fraction of sp³-hybridized carbons (Fsp3) is 0.182. The number of amides is 2. The van der Waals surface area contributed by atoms with Gasteiger partial charge in [0.05, 0.1) is 0 Å².